The van der Waals surface area contributed by atoms with Gasteiger partial charge in [-0.15, -0.1) is 0 Å². The summed E-state index contributed by atoms with van der Waals surface area (Å²) < 4.78 is 33.9. The van der Waals surface area contributed by atoms with E-state index in [9.17, 15) is 18.4 Å². The molecule has 0 atom stereocenters. The van der Waals surface area contributed by atoms with Crippen LogP contribution in [-0.2, 0) is 17.6 Å². The van der Waals surface area contributed by atoms with E-state index in [1.54, 1.807) is 24.3 Å². The summed E-state index contributed by atoms with van der Waals surface area (Å²) >= 11 is 0. The summed E-state index contributed by atoms with van der Waals surface area (Å²) in [5.41, 5.74) is 3.04. The zero-order valence-electron chi connectivity index (χ0n) is 18.0. The number of aromatic amines is 1. The van der Waals surface area contributed by atoms with Crippen molar-refractivity contribution in [1.82, 2.24) is 15.5 Å². The van der Waals surface area contributed by atoms with Crippen LogP contribution in [0.25, 0.3) is 21.9 Å². The molecular weight excluding hydrogens is 442 g/mol. The number of ether oxygens (including phenoxy) is 1. The summed E-state index contributed by atoms with van der Waals surface area (Å²) in [4.78, 5) is 27.9. The number of H-pyrrole nitrogens is 1. The summed E-state index contributed by atoms with van der Waals surface area (Å²) in [7, 11) is 1.27. The Morgan fingerprint density at radius 2 is 1.97 bits per heavy atom. The highest BCUT2D eigenvalue weighted by molar-refractivity contribution is 6.01. The Hall–Kier alpha value is -4.40. The van der Waals surface area contributed by atoms with Gasteiger partial charge in [-0.05, 0) is 47.0 Å². The average Bonchev–Trinajstić information content (AvgIpc) is 3.23. The number of carbonyl (C=O) groups is 1. The Morgan fingerprint density at radius 3 is 2.79 bits per heavy atom. The van der Waals surface area contributed by atoms with Crippen LogP contribution in [0.15, 0.2) is 64.4 Å². The van der Waals surface area contributed by atoms with Crippen LogP contribution in [0.5, 0.6) is 0 Å². The number of aliphatic imine (C=N–C) groups is 1. The molecule has 1 aromatic heterocycles. The zero-order chi connectivity index (χ0) is 23.8. The zero-order valence-corrected chi connectivity index (χ0v) is 18.0. The van der Waals surface area contributed by atoms with Crippen molar-refractivity contribution in [3.63, 3.8) is 0 Å². The number of amides is 1. The molecule has 0 saturated carbocycles. The summed E-state index contributed by atoms with van der Waals surface area (Å²) in [6.07, 6.45) is 0.0204. The predicted octanol–water partition coefficient (Wildman–Crippen LogP) is 4.40. The Bertz CT molecular complexity index is 1550. The highest BCUT2D eigenvalue weighted by atomic mass is 19.1. The molecule has 0 fully saturated rings. The lowest BCUT2D eigenvalue weighted by molar-refractivity contribution is 0.176. The molecule has 1 aliphatic rings. The molecule has 0 bridgehead atoms. The molecule has 0 unspecified atom stereocenters. The van der Waals surface area contributed by atoms with Crippen molar-refractivity contribution in [1.29, 1.82) is 0 Å². The summed E-state index contributed by atoms with van der Waals surface area (Å²) in [5.74, 6) is -0.517. The molecule has 7 nitrogen and oxygen atoms in total. The van der Waals surface area contributed by atoms with Crippen LogP contribution in [0.1, 0.15) is 16.8 Å². The first-order valence-corrected chi connectivity index (χ1v) is 10.4. The fraction of sp³-hybridized carbons (Fsp3) is 0.120. The van der Waals surface area contributed by atoms with Crippen molar-refractivity contribution in [2.75, 3.05) is 7.11 Å². The van der Waals surface area contributed by atoms with Crippen LogP contribution in [0.3, 0.4) is 0 Å². The van der Waals surface area contributed by atoms with Gasteiger partial charge in [0.1, 0.15) is 17.5 Å². The van der Waals surface area contributed by atoms with Crippen molar-refractivity contribution in [2.24, 2.45) is 4.99 Å². The van der Waals surface area contributed by atoms with Gasteiger partial charge in [-0.1, -0.05) is 24.3 Å². The minimum atomic E-state index is -0.606. The maximum Gasteiger partial charge on any atom is 0.412 e. The third-order valence-corrected chi connectivity index (χ3v) is 5.68. The normalized spacial score (nSPS) is 12.4. The van der Waals surface area contributed by atoms with E-state index in [1.165, 1.54) is 31.4 Å². The molecule has 1 amide bonds. The largest absolute Gasteiger partial charge is 0.453 e. The van der Waals surface area contributed by atoms with Gasteiger partial charge < -0.3 is 4.74 Å². The molecule has 0 radical (unpaired) electrons. The highest BCUT2D eigenvalue weighted by Gasteiger charge is 2.19. The van der Waals surface area contributed by atoms with Crippen molar-refractivity contribution < 1.29 is 18.3 Å². The number of alkyl carbamates (subject to hydrolysis) is 1. The van der Waals surface area contributed by atoms with Crippen LogP contribution >= 0.6 is 0 Å². The molecule has 9 heteroatoms. The molecule has 0 saturated heterocycles. The minimum absolute atomic E-state index is 0.148. The molecule has 5 rings (SSSR count). The Morgan fingerprint density at radius 1 is 1.12 bits per heavy atom. The maximum absolute atomic E-state index is 14.8. The first-order chi connectivity index (χ1) is 16.4. The molecule has 2 N–H and O–H groups in total. The van der Waals surface area contributed by atoms with Gasteiger partial charge in [0.05, 0.1) is 23.9 Å². The van der Waals surface area contributed by atoms with Gasteiger partial charge >= 0.3 is 6.09 Å². The van der Waals surface area contributed by atoms with Crippen LogP contribution in [0.2, 0.25) is 0 Å². The molecule has 0 spiro atoms. The second kappa shape index (κ2) is 8.51. The summed E-state index contributed by atoms with van der Waals surface area (Å²) in [5, 5.41) is 9.35. The number of benzene rings is 3. The van der Waals surface area contributed by atoms with E-state index in [1.807, 2.05) is 6.07 Å². The van der Waals surface area contributed by atoms with Crippen LogP contribution in [0, 0.1) is 11.6 Å². The van der Waals surface area contributed by atoms with E-state index in [2.05, 4.69) is 25.2 Å². The fourth-order valence-electron chi connectivity index (χ4n) is 4.06. The lowest BCUT2D eigenvalue weighted by Crippen LogP contribution is -2.30. The number of methoxy groups -OCH3 is 1. The van der Waals surface area contributed by atoms with Gasteiger partial charge in [0.25, 0.3) is 5.56 Å². The monoisotopic (exact) mass is 460 g/mol. The first-order valence-electron chi connectivity index (χ1n) is 10.4. The van der Waals surface area contributed by atoms with Gasteiger partial charge in [-0.2, -0.15) is 5.10 Å². The molecule has 170 valence electrons. The average molecular weight is 460 g/mol. The van der Waals surface area contributed by atoms with Gasteiger partial charge in [-0.25, -0.2) is 23.7 Å². The van der Waals surface area contributed by atoms with Crippen molar-refractivity contribution >= 4 is 28.4 Å². The van der Waals surface area contributed by atoms with Crippen molar-refractivity contribution in [3.05, 3.63) is 93.4 Å². The van der Waals surface area contributed by atoms with Crippen LogP contribution in [0.4, 0.5) is 19.3 Å². The number of hydrogen-bond donors (Lipinski definition) is 2. The molecule has 2 heterocycles. The Labute approximate surface area is 192 Å². The van der Waals surface area contributed by atoms with E-state index in [0.29, 0.717) is 40.3 Å². The van der Waals surface area contributed by atoms with Crippen LogP contribution in [-0.4, -0.2) is 29.2 Å². The van der Waals surface area contributed by atoms with E-state index in [-0.39, 0.29) is 17.2 Å². The molecule has 0 aliphatic carbocycles. The van der Waals surface area contributed by atoms with Gasteiger partial charge in [-0.3, -0.25) is 10.1 Å². The smallest absolute Gasteiger partial charge is 0.412 e. The Balaban J connectivity index is 1.49. The number of nitrogens with zero attached hydrogens (tertiary/aromatic N) is 2. The van der Waals surface area contributed by atoms with E-state index < -0.39 is 23.3 Å². The summed E-state index contributed by atoms with van der Waals surface area (Å²) in [6, 6.07) is 14.3. The fourth-order valence-corrected chi connectivity index (χ4v) is 4.06. The lowest BCUT2D eigenvalue weighted by Gasteiger charge is -2.10. The second-order valence-electron chi connectivity index (χ2n) is 7.85. The van der Waals surface area contributed by atoms with Gasteiger partial charge in [0.2, 0.25) is 0 Å². The number of hydrogen-bond acceptors (Lipinski definition) is 5. The van der Waals surface area contributed by atoms with E-state index >= 15 is 0 Å². The standard InChI is InChI=1S/C25H18F2N4O3/c1-34-25(33)29-22-12-15-7-6-14(11-20(15)28-22)17-9-13(5-8-18(17)26)10-21-23-16(24(32)31-30-21)3-2-4-19(23)27/h2-9,11H,10,12H2,1H3,(H,31,32)(H,28,29,33). The third kappa shape index (κ3) is 3.92. The molecule has 34 heavy (non-hydrogen) atoms. The number of nitrogens with one attached hydrogen (secondary N) is 2. The molecular formula is C25H18F2N4O3. The minimum Gasteiger partial charge on any atom is -0.453 e. The van der Waals surface area contributed by atoms with Crippen molar-refractivity contribution in [2.45, 2.75) is 12.8 Å². The predicted molar refractivity (Wildman–Crippen MR) is 123 cm³/mol. The second-order valence-corrected chi connectivity index (χ2v) is 7.85. The number of amidine groups is 1. The maximum atomic E-state index is 14.8. The topological polar surface area (TPSA) is 96.4 Å². The first kappa shape index (κ1) is 21.4. The van der Waals surface area contributed by atoms with E-state index in [4.69, 9.17) is 0 Å². The lowest BCUT2D eigenvalue weighted by atomic mass is 9.97. The van der Waals surface area contributed by atoms with E-state index in [0.717, 1.165) is 5.56 Å². The quantitative estimate of drug-likeness (QED) is 0.474. The number of carbonyl (C=O) groups excluding carboxylic acids is 1. The molecule has 4 aromatic rings. The number of rotatable bonds is 3. The summed E-state index contributed by atoms with van der Waals surface area (Å²) in [6.45, 7) is 0. The number of fused-ring (bicyclic) bond motifs is 2. The third-order valence-electron chi connectivity index (χ3n) is 5.68. The number of halogens is 2. The van der Waals surface area contributed by atoms with Gasteiger partial charge in [0.15, 0.2) is 0 Å². The Kier molecular flexibility index (Phi) is 5.37. The SMILES string of the molecule is COC(=O)NC1=Nc2cc(-c3cc(Cc4n[nH]c(=O)c5cccc(F)c45)ccc3F)ccc2C1. The highest BCUT2D eigenvalue weighted by Crippen LogP contribution is 2.33. The van der Waals surface area contributed by atoms with Crippen molar-refractivity contribution in [3.8, 4) is 11.1 Å². The molecule has 3 aromatic carbocycles. The number of aromatic nitrogens is 2. The molecule has 1 aliphatic heterocycles. The van der Waals surface area contributed by atoms with Gasteiger partial charge in [0, 0.05) is 23.8 Å². The van der Waals surface area contributed by atoms with Crippen LogP contribution < -0.4 is 10.9 Å².